The van der Waals surface area contributed by atoms with Crippen molar-refractivity contribution < 1.29 is 29.0 Å². The molecule has 3 aliphatic heterocycles. The highest BCUT2D eigenvalue weighted by Gasteiger charge is 2.79. The molecular weight excluding hydrogens is 556 g/mol. The molecule has 0 saturated carbocycles. The Bertz CT molecular complexity index is 1240. The van der Waals surface area contributed by atoms with Crippen molar-refractivity contribution in [1.82, 2.24) is 9.80 Å². The third-order valence-corrected chi connectivity index (χ3v) is 9.86. The molecular formula is C36H52N2O6. The molecule has 0 radical (unpaired) electrons. The first-order chi connectivity index (χ1) is 20.7. The van der Waals surface area contributed by atoms with E-state index in [1.165, 1.54) is 0 Å². The summed E-state index contributed by atoms with van der Waals surface area (Å²) < 4.78 is 12.6. The van der Waals surface area contributed by atoms with Crippen LogP contribution in [0.5, 0.6) is 0 Å². The predicted molar refractivity (Wildman–Crippen MR) is 171 cm³/mol. The van der Waals surface area contributed by atoms with Gasteiger partial charge in [-0.2, -0.15) is 0 Å². The number of amides is 2. The molecule has 3 aliphatic rings. The predicted octanol–water partition coefficient (Wildman–Crippen LogP) is 5.09. The molecule has 8 heteroatoms. The SMILES string of the molecule is C=CCCOC(=O)[C@H]1[C@H]2C(=O)N([C@@H](CO)Cc3ccccc3)C(C(=O)N(CC=C)C(C)(C)CC(C)(C)C)C23CC[C@]1(CC)O3. The number of aliphatic hydroxyl groups excluding tert-OH is 1. The van der Waals surface area contributed by atoms with Gasteiger partial charge in [-0.15, -0.1) is 13.2 Å². The van der Waals surface area contributed by atoms with Crippen LogP contribution in [-0.4, -0.2) is 81.3 Å². The first-order valence-corrected chi connectivity index (χ1v) is 16.1. The molecule has 0 aromatic heterocycles. The Hall–Kier alpha value is -2.97. The summed E-state index contributed by atoms with van der Waals surface area (Å²) in [5.74, 6) is -2.77. The largest absolute Gasteiger partial charge is 0.465 e. The van der Waals surface area contributed by atoms with Gasteiger partial charge in [-0.3, -0.25) is 14.4 Å². The van der Waals surface area contributed by atoms with Gasteiger partial charge in [0.25, 0.3) is 0 Å². The average molecular weight is 609 g/mol. The zero-order valence-corrected chi connectivity index (χ0v) is 27.5. The van der Waals surface area contributed by atoms with Crippen molar-refractivity contribution in [3.63, 3.8) is 0 Å². The van der Waals surface area contributed by atoms with Crippen LogP contribution in [0.1, 0.15) is 79.2 Å². The fourth-order valence-electron chi connectivity index (χ4n) is 8.46. The van der Waals surface area contributed by atoms with Crippen molar-refractivity contribution in [1.29, 1.82) is 0 Å². The van der Waals surface area contributed by atoms with Crippen LogP contribution in [0, 0.1) is 17.3 Å². The number of likely N-dealkylation sites (tertiary alicyclic amines) is 1. The monoisotopic (exact) mass is 608 g/mol. The van der Waals surface area contributed by atoms with Crippen molar-refractivity contribution in [2.45, 2.75) is 109 Å². The number of rotatable bonds is 14. The summed E-state index contributed by atoms with van der Waals surface area (Å²) in [5, 5.41) is 10.8. The zero-order chi connectivity index (χ0) is 32.5. The third kappa shape index (κ3) is 6.00. The van der Waals surface area contributed by atoms with E-state index in [0.29, 0.717) is 38.5 Å². The molecule has 4 rings (SSSR count). The van der Waals surface area contributed by atoms with E-state index in [-0.39, 0.29) is 37.0 Å². The first-order valence-electron chi connectivity index (χ1n) is 16.1. The molecule has 2 bridgehead atoms. The standard InChI is InChI=1S/C36H52N2O6/c1-9-12-21-43-32(42)28-27-30(40)38(26(23-39)22-25-16-14-13-15-17-25)29(36(27)19-18-35(28,11-3)44-36)31(41)37(20-10-2)34(7,8)24-33(4,5)6/h9-10,13-17,26-29,39H,1-2,11-12,18-24H2,3-8H3/t26-,27+,28-,29?,35+,36?/m1/s1. The number of esters is 1. The van der Waals surface area contributed by atoms with E-state index in [1.807, 2.05) is 56.0 Å². The maximum atomic E-state index is 15.1. The second kappa shape index (κ2) is 12.8. The zero-order valence-electron chi connectivity index (χ0n) is 27.5. The van der Waals surface area contributed by atoms with Crippen LogP contribution in [0.4, 0.5) is 0 Å². The fraction of sp³-hybridized carbons (Fsp3) is 0.639. The van der Waals surface area contributed by atoms with Crippen molar-refractivity contribution in [2.75, 3.05) is 19.8 Å². The van der Waals surface area contributed by atoms with Gasteiger partial charge in [0.15, 0.2) is 0 Å². The molecule has 0 aliphatic carbocycles. The second-order valence-corrected chi connectivity index (χ2v) is 14.6. The number of carbonyl (C=O) groups is 3. The second-order valence-electron chi connectivity index (χ2n) is 14.6. The van der Waals surface area contributed by atoms with Crippen molar-refractivity contribution in [3.05, 3.63) is 61.2 Å². The van der Waals surface area contributed by atoms with Crippen LogP contribution in [0.3, 0.4) is 0 Å². The van der Waals surface area contributed by atoms with Crippen LogP contribution in [0.2, 0.25) is 0 Å². The Morgan fingerprint density at radius 2 is 1.84 bits per heavy atom. The lowest BCUT2D eigenvalue weighted by Gasteiger charge is -2.46. The lowest BCUT2D eigenvalue weighted by molar-refractivity contribution is -0.165. The minimum Gasteiger partial charge on any atom is -0.465 e. The smallest absolute Gasteiger partial charge is 0.312 e. The third-order valence-electron chi connectivity index (χ3n) is 9.86. The molecule has 1 N–H and O–H groups in total. The molecule has 8 nitrogen and oxygen atoms in total. The summed E-state index contributed by atoms with van der Waals surface area (Å²) in [6.07, 6.45) is 6.48. The van der Waals surface area contributed by atoms with Crippen LogP contribution < -0.4 is 0 Å². The van der Waals surface area contributed by atoms with Gasteiger partial charge >= 0.3 is 5.97 Å². The van der Waals surface area contributed by atoms with E-state index in [1.54, 1.807) is 17.1 Å². The van der Waals surface area contributed by atoms with Crippen molar-refractivity contribution >= 4 is 17.8 Å². The van der Waals surface area contributed by atoms with Gasteiger partial charge in [0, 0.05) is 12.1 Å². The summed E-state index contributed by atoms with van der Waals surface area (Å²) >= 11 is 0. The summed E-state index contributed by atoms with van der Waals surface area (Å²) in [7, 11) is 0. The van der Waals surface area contributed by atoms with E-state index >= 15 is 4.79 Å². The van der Waals surface area contributed by atoms with Crippen molar-refractivity contribution in [2.24, 2.45) is 17.3 Å². The molecule has 2 amide bonds. The number of ether oxygens (including phenoxy) is 2. The molecule has 3 heterocycles. The molecule has 6 atom stereocenters. The Kier molecular flexibility index (Phi) is 9.86. The Morgan fingerprint density at radius 1 is 1.16 bits per heavy atom. The Labute approximate surface area is 263 Å². The van der Waals surface area contributed by atoms with Gasteiger partial charge in [0.05, 0.1) is 30.8 Å². The Morgan fingerprint density at radius 3 is 2.41 bits per heavy atom. The molecule has 44 heavy (non-hydrogen) atoms. The number of hydrogen-bond donors (Lipinski definition) is 1. The minimum absolute atomic E-state index is 0.0784. The lowest BCUT2D eigenvalue weighted by Crippen LogP contribution is -2.62. The van der Waals surface area contributed by atoms with Crippen LogP contribution >= 0.6 is 0 Å². The molecule has 242 valence electrons. The van der Waals surface area contributed by atoms with E-state index in [4.69, 9.17) is 9.47 Å². The maximum absolute atomic E-state index is 15.1. The summed E-state index contributed by atoms with van der Waals surface area (Å²) in [6.45, 7) is 20.3. The number of aliphatic hydroxyl groups is 1. The summed E-state index contributed by atoms with van der Waals surface area (Å²) in [5.41, 5.74) is -1.83. The van der Waals surface area contributed by atoms with E-state index < -0.39 is 46.6 Å². The Balaban J connectivity index is 1.85. The highest BCUT2D eigenvalue weighted by atomic mass is 16.6. The molecule has 1 aromatic rings. The molecule has 1 aromatic carbocycles. The van der Waals surface area contributed by atoms with Gasteiger partial charge in [-0.1, -0.05) is 70.2 Å². The summed E-state index contributed by atoms with van der Waals surface area (Å²) in [6, 6.07) is 7.94. The highest BCUT2D eigenvalue weighted by Crippen LogP contribution is 2.65. The summed E-state index contributed by atoms with van der Waals surface area (Å²) in [4.78, 5) is 47.0. The highest BCUT2D eigenvalue weighted by molar-refractivity contribution is 5.99. The molecule has 3 fully saturated rings. The van der Waals surface area contributed by atoms with Gasteiger partial charge in [0.1, 0.15) is 17.6 Å². The van der Waals surface area contributed by atoms with Crippen molar-refractivity contribution in [3.8, 4) is 0 Å². The van der Waals surface area contributed by atoms with Crippen LogP contribution in [-0.2, 0) is 30.3 Å². The fourth-order valence-corrected chi connectivity index (χ4v) is 8.46. The molecule has 3 saturated heterocycles. The molecule has 2 unspecified atom stereocenters. The minimum atomic E-state index is -1.21. The molecule has 1 spiro atoms. The van der Waals surface area contributed by atoms with Crippen LogP contribution in [0.25, 0.3) is 0 Å². The lowest BCUT2D eigenvalue weighted by atomic mass is 9.65. The normalized spacial score (nSPS) is 28.5. The van der Waals surface area contributed by atoms with Crippen LogP contribution in [0.15, 0.2) is 55.6 Å². The van der Waals surface area contributed by atoms with Gasteiger partial charge < -0.3 is 24.4 Å². The number of benzene rings is 1. The van der Waals surface area contributed by atoms with Gasteiger partial charge in [0.2, 0.25) is 11.8 Å². The number of fused-ring (bicyclic) bond motifs is 1. The van der Waals surface area contributed by atoms with E-state index in [9.17, 15) is 14.7 Å². The number of nitrogens with zero attached hydrogens (tertiary/aromatic N) is 2. The topological polar surface area (TPSA) is 96.4 Å². The van der Waals surface area contributed by atoms with Gasteiger partial charge in [-0.05, 0) is 63.4 Å². The van der Waals surface area contributed by atoms with Gasteiger partial charge in [-0.25, -0.2) is 0 Å². The quantitative estimate of drug-likeness (QED) is 0.180. The maximum Gasteiger partial charge on any atom is 0.312 e. The average Bonchev–Trinajstić information content (AvgIpc) is 3.57. The number of carbonyl (C=O) groups excluding carboxylic acids is 3. The van der Waals surface area contributed by atoms with E-state index in [2.05, 4.69) is 33.9 Å². The van der Waals surface area contributed by atoms with E-state index in [0.717, 1.165) is 5.56 Å². The first kappa shape index (κ1) is 33.9. The number of hydrogen-bond acceptors (Lipinski definition) is 6.